The first kappa shape index (κ1) is 27.8. The molecule has 0 saturated carbocycles. The molecule has 29 heavy (non-hydrogen) atoms. The summed E-state index contributed by atoms with van der Waals surface area (Å²) in [5, 5.41) is 11.0. The summed E-state index contributed by atoms with van der Waals surface area (Å²) in [4.78, 5) is 15.1. The largest absolute Gasteiger partial charge is 1.00 e. The molecule has 0 N–H and O–H groups in total. The molecule has 1 aliphatic rings. The number of hydrogen-bond acceptors (Lipinski definition) is 3. The first-order valence-corrected chi connectivity index (χ1v) is 10.2. The normalized spacial score (nSPS) is 19.4. The average molecular weight is 406 g/mol. The minimum absolute atomic E-state index is 0. The molecule has 0 heterocycles. The summed E-state index contributed by atoms with van der Waals surface area (Å²) in [5.74, 6) is -1.22. The molecule has 0 unspecified atom stereocenters. The van der Waals surface area contributed by atoms with Gasteiger partial charge in [-0.1, -0.05) is 69.2 Å². The van der Waals surface area contributed by atoms with Gasteiger partial charge in [0, 0.05) is 6.21 Å². The zero-order valence-electron chi connectivity index (χ0n) is 19.6. The molecule has 0 saturated heterocycles. The Bertz CT molecular complexity index is 734. The van der Waals surface area contributed by atoms with Crippen molar-refractivity contribution in [3.63, 3.8) is 0 Å². The molecule has 0 aliphatic heterocycles. The predicted molar refractivity (Wildman–Crippen MR) is 118 cm³/mol. The van der Waals surface area contributed by atoms with Crippen LogP contribution in [0.3, 0.4) is 0 Å². The van der Waals surface area contributed by atoms with Crippen molar-refractivity contribution in [3.8, 4) is 0 Å². The van der Waals surface area contributed by atoms with Gasteiger partial charge in [-0.15, -0.1) is 0 Å². The van der Waals surface area contributed by atoms with E-state index in [1.807, 2.05) is 39.0 Å². The zero-order chi connectivity index (χ0) is 21.3. The molecular formula is C25H36NNaO2. The molecule has 0 amide bonds. The number of nitrogens with zero attached hydrogens (tertiary/aromatic N) is 1. The van der Waals surface area contributed by atoms with Crippen LogP contribution >= 0.6 is 0 Å². The molecule has 0 aromatic rings. The maximum Gasteiger partial charge on any atom is 1.00 e. The minimum atomic E-state index is -1.13. The van der Waals surface area contributed by atoms with E-state index in [4.69, 9.17) is 0 Å². The second-order valence-electron chi connectivity index (χ2n) is 8.75. The number of carboxylic acid groups (broad SMARTS) is 1. The number of aliphatic carboxylic acids is 1. The number of hydrogen-bond donors (Lipinski definition) is 0. The third kappa shape index (κ3) is 9.93. The Labute approximate surface area is 199 Å². The van der Waals surface area contributed by atoms with Gasteiger partial charge >= 0.3 is 29.6 Å². The summed E-state index contributed by atoms with van der Waals surface area (Å²) >= 11 is 0. The van der Waals surface area contributed by atoms with E-state index in [0.29, 0.717) is 0 Å². The first-order chi connectivity index (χ1) is 13.0. The number of carboxylic acids is 1. The van der Waals surface area contributed by atoms with Crippen LogP contribution in [0.1, 0.15) is 67.7 Å². The van der Waals surface area contributed by atoms with E-state index in [1.165, 1.54) is 36.0 Å². The Balaban J connectivity index is 0.00000784. The van der Waals surface area contributed by atoms with Gasteiger partial charge in [0.25, 0.3) is 0 Å². The van der Waals surface area contributed by atoms with Crippen molar-refractivity contribution in [1.82, 2.24) is 0 Å². The summed E-state index contributed by atoms with van der Waals surface area (Å²) < 4.78 is 0. The van der Waals surface area contributed by atoms with E-state index in [9.17, 15) is 9.90 Å². The second-order valence-corrected chi connectivity index (χ2v) is 8.75. The average Bonchev–Trinajstić information content (AvgIpc) is 2.57. The molecule has 154 valence electrons. The molecule has 1 atom stereocenters. The van der Waals surface area contributed by atoms with Crippen LogP contribution in [0, 0.1) is 11.3 Å². The molecule has 0 bridgehead atoms. The predicted octanol–water partition coefficient (Wildman–Crippen LogP) is 2.37. The van der Waals surface area contributed by atoms with Crippen molar-refractivity contribution in [1.29, 1.82) is 0 Å². The van der Waals surface area contributed by atoms with Crippen molar-refractivity contribution < 1.29 is 39.5 Å². The van der Waals surface area contributed by atoms with Crippen LogP contribution < -0.4 is 34.7 Å². The van der Waals surface area contributed by atoms with Gasteiger partial charge < -0.3 is 9.90 Å². The summed E-state index contributed by atoms with van der Waals surface area (Å²) in [5.41, 5.74) is 5.42. The topological polar surface area (TPSA) is 52.5 Å². The van der Waals surface area contributed by atoms with Gasteiger partial charge in [0.15, 0.2) is 0 Å². The molecule has 1 rings (SSSR count). The molecule has 0 aromatic heterocycles. The van der Waals surface area contributed by atoms with E-state index >= 15 is 0 Å². The Kier molecular flexibility index (Phi) is 12.7. The molecule has 0 fully saturated rings. The van der Waals surface area contributed by atoms with Crippen LogP contribution in [0.25, 0.3) is 0 Å². The standard InChI is InChI=1S/C25H37NO2.Na/c1-18(2)23(24(27)28)26-17-15-20(4)11-8-10-19(3)13-14-22-21(5)12-9-16-25(22,6)7;/h8,10-11,13-15,17-18,23H,9,12,16H2,1-7H3,(H,27,28);/q;+1/p-1/b11-8+,14-13+,19-10+,20-15+,26-17?;/t23-;/m0./s1. The maximum atomic E-state index is 11.0. The second kappa shape index (κ2) is 13.2. The van der Waals surface area contributed by atoms with Crippen LogP contribution in [0.5, 0.6) is 0 Å². The molecule has 0 radical (unpaired) electrons. The van der Waals surface area contributed by atoms with Gasteiger partial charge in [0.05, 0.1) is 12.0 Å². The Hall–Kier alpha value is -1.16. The molecular weight excluding hydrogens is 369 g/mol. The van der Waals surface area contributed by atoms with Crippen molar-refractivity contribution in [2.24, 2.45) is 16.3 Å². The number of aliphatic imine (C=N–C) groups is 1. The van der Waals surface area contributed by atoms with Crippen LogP contribution in [-0.2, 0) is 4.79 Å². The van der Waals surface area contributed by atoms with Crippen LogP contribution in [0.4, 0.5) is 0 Å². The smallest absolute Gasteiger partial charge is 0.548 e. The number of allylic oxidation sites excluding steroid dienone is 10. The monoisotopic (exact) mass is 405 g/mol. The van der Waals surface area contributed by atoms with Crippen LogP contribution in [-0.4, -0.2) is 18.2 Å². The molecule has 1 aliphatic carbocycles. The third-order valence-electron chi connectivity index (χ3n) is 5.23. The third-order valence-corrected chi connectivity index (χ3v) is 5.23. The van der Waals surface area contributed by atoms with E-state index in [-0.39, 0.29) is 40.9 Å². The van der Waals surface area contributed by atoms with Crippen molar-refractivity contribution in [2.75, 3.05) is 0 Å². The molecule has 0 aromatic carbocycles. The first-order valence-electron chi connectivity index (χ1n) is 10.2. The van der Waals surface area contributed by atoms with Gasteiger partial charge in [0.1, 0.15) is 0 Å². The fourth-order valence-corrected chi connectivity index (χ4v) is 3.45. The number of carbonyl (C=O) groups is 1. The Morgan fingerprint density at radius 1 is 1.14 bits per heavy atom. The van der Waals surface area contributed by atoms with Crippen molar-refractivity contribution >= 4 is 12.2 Å². The van der Waals surface area contributed by atoms with Gasteiger partial charge in [0.2, 0.25) is 0 Å². The van der Waals surface area contributed by atoms with Crippen molar-refractivity contribution in [2.45, 2.75) is 73.8 Å². The Morgan fingerprint density at radius 2 is 1.76 bits per heavy atom. The fourth-order valence-electron chi connectivity index (χ4n) is 3.45. The van der Waals surface area contributed by atoms with Gasteiger partial charge in [-0.05, 0) is 68.6 Å². The fraction of sp³-hybridized carbons (Fsp3) is 0.520. The maximum absolute atomic E-state index is 11.0. The van der Waals surface area contributed by atoms with Gasteiger partial charge in [-0.25, -0.2) is 0 Å². The number of carbonyl (C=O) groups excluding carboxylic acids is 1. The quantitative estimate of drug-likeness (QED) is 0.354. The SMILES string of the molecule is CC1=C(/C=C/C(C)=C/C=C/C(C)=C/C=N[C@H](C(=O)[O-])C(C)C)C(C)(C)CCC1.[Na+]. The summed E-state index contributed by atoms with van der Waals surface area (Å²) in [7, 11) is 0. The van der Waals surface area contributed by atoms with Crippen LogP contribution in [0.15, 0.2) is 63.7 Å². The summed E-state index contributed by atoms with van der Waals surface area (Å²) in [6.45, 7) is 14.6. The minimum Gasteiger partial charge on any atom is -0.548 e. The number of rotatable bonds is 8. The summed E-state index contributed by atoms with van der Waals surface area (Å²) in [6.07, 6.45) is 17.6. The van der Waals surface area contributed by atoms with E-state index < -0.39 is 12.0 Å². The van der Waals surface area contributed by atoms with E-state index in [0.717, 1.165) is 5.57 Å². The molecule has 4 heteroatoms. The summed E-state index contributed by atoms with van der Waals surface area (Å²) in [6, 6.07) is -0.804. The molecule has 0 spiro atoms. The van der Waals surface area contributed by atoms with E-state index in [2.05, 4.69) is 50.9 Å². The van der Waals surface area contributed by atoms with Crippen molar-refractivity contribution in [3.05, 3.63) is 58.7 Å². The van der Waals surface area contributed by atoms with Crippen LogP contribution in [0.2, 0.25) is 0 Å². The zero-order valence-corrected chi connectivity index (χ0v) is 21.6. The Morgan fingerprint density at radius 3 is 2.31 bits per heavy atom. The van der Waals surface area contributed by atoms with Gasteiger partial charge in [-0.2, -0.15) is 0 Å². The van der Waals surface area contributed by atoms with Gasteiger partial charge in [-0.3, -0.25) is 4.99 Å². The molecule has 3 nitrogen and oxygen atoms in total. The van der Waals surface area contributed by atoms with E-state index in [1.54, 1.807) is 6.21 Å².